The summed E-state index contributed by atoms with van der Waals surface area (Å²) in [6, 6.07) is 1.04. The Hall–Kier alpha value is -9.86. The number of ketones is 1. The number of nitrogens with two attached hydrogens (primary N) is 4. The van der Waals surface area contributed by atoms with Gasteiger partial charge < -0.3 is 174 Å². The molecule has 0 radical (unpaired) electrons. The average molecular weight is 1740 g/mol. The molecule has 6 aliphatic heterocycles. The first kappa shape index (κ1) is 98.3. The molecular formula is C62H93N19O40. The van der Waals surface area contributed by atoms with E-state index in [-0.39, 0.29) is 46.6 Å². The summed E-state index contributed by atoms with van der Waals surface area (Å²) in [5, 5.41) is 230. The minimum atomic E-state index is -1.71. The Balaban J connectivity index is 0.000000200. The minimum Gasteiger partial charge on any atom is -0.394 e. The molecule has 0 spiro atoms. The third-order valence-corrected chi connectivity index (χ3v) is 19.1. The number of nitrogens with zero attached hydrogens (tertiary/aromatic N) is 12. The fraction of sp³-hybridized carbons (Fsp3) is 0.645. The van der Waals surface area contributed by atoms with E-state index in [1.807, 2.05) is 15.0 Å². The van der Waals surface area contributed by atoms with Crippen molar-refractivity contribution >= 4 is 29.6 Å². The predicted octanol–water partition coefficient (Wildman–Crippen LogP) is -21.2. The number of nitrogens with one attached hydrogen (secondary N) is 3. The number of nitrogen functional groups attached to an aromatic ring is 4. The zero-order chi connectivity index (χ0) is 90.9. The standard InChI is InChI=1S/C12H16N2O8.C11H16N2O7.2C10H16N4O6.C10H14N2O7.C9H15N5O6/c1-4(16)5-2-14(12(21)13-10(5)20)11-9(19)8(18)7(17)6(3-15)22-11;1-4-2-13(11(19)12-9(4)18)10-8(17)7(16)6(15)5(3-14)20-10;1-3-12-9(11)13-10(19)14(3)8-7(18)6(17)5(16)4(2-15)20-8;1-3-12-9(11)14(10(19)13-3)8-7(18)6(17)5(16)4(2-15)20-8;13-3-4-6(15)7(16)8(17)9(19-4)12-2-1-5(14)11-10(12)18;10-7-12-8(11)14(9(19)13-7)6-5(18)4(17)3(16)2(1-15)20-6/h2,6-9,11,15,17-19H,3H2,1H3,(H,13,20,21);2,5-8,10,14-17H,3H2,1H3,(H,12,18,19);4-8,15-18H,2H2,1H3,(H2,11,13,19);4-8,15-18H,2H2,1H3,(H2,11,12,13,19);1-2,4,6-9,13,15-17H,3H2,(H,11,14,18);2-6,15-18H,1H2,(H4,10,11,12,13,19)/t6-,7-,8+,9+,11+;5-,6-,7+,8+,10+;2*4-,5-,6+,7+,8+;4-,6-,7+,8+,9+;2-,3-,4+,5+,6+/m111111/s1. The monoisotopic (exact) mass is 1740 g/mol. The molecule has 0 saturated carbocycles. The molecule has 35 N–H and O–H groups in total. The van der Waals surface area contributed by atoms with Gasteiger partial charge in [-0.3, -0.25) is 52.4 Å². The molecule has 59 nitrogen and oxygen atoms in total. The SMILES string of the molecule is CC(=O)c1cn([C@H]2O[C@H](CO)[C@@H](O)[C@H](O)[C@@H]2O)c(=O)[nH]c1=O.Cc1cn([C@H]2O[C@H](CO)[C@@H](O)[C@H](O)[C@@H]2O)c(=O)[nH]c1=O.Cc1nc(N)n([C@H]2O[C@H](CO)[C@@H](O)[C@H](O)[C@@H]2O)c(=O)n1.Cc1nc(N)nc(=O)n1[C@H]1O[C@H](CO)[C@@H](O)[C@H](O)[C@@H]1O.Nc1nc(N)n([C@H]2O[C@H](CO)[C@@H](O)[C@H](O)[C@@H]2O)c(=O)n1.O=c1ccn([C@H]2O[C@H](CO)[C@@H](O)[C@H](O)[C@@H]2O)c(=O)[nH]1. The Morgan fingerprint density at radius 3 is 0.975 bits per heavy atom. The molecule has 6 aromatic heterocycles. The molecule has 59 heteroatoms. The maximum atomic E-state index is 11.8. The molecule has 12 rings (SSSR count). The summed E-state index contributed by atoms with van der Waals surface area (Å²) in [7, 11) is 0. The van der Waals surface area contributed by atoms with Gasteiger partial charge in [-0.25, -0.2) is 37.9 Å². The molecule has 0 amide bonds. The largest absolute Gasteiger partial charge is 0.394 e. The van der Waals surface area contributed by atoms with Crippen molar-refractivity contribution in [3.63, 3.8) is 0 Å². The summed E-state index contributed by atoms with van der Waals surface area (Å²) < 4.78 is 36.0. The van der Waals surface area contributed by atoms with Crippen molar-refractivity contribution in [1.82, 2.24) is 72.3 Å². The second-order valence-corrected chi connectivity index (χ2v) is 27.2. The number of carbonyl (C=O) groups excluding carboxylic acids is 1. The van der Waals surface area contributed by atoms with Crippen LogP contribution in [0.4, 0.5) is 23.8 Å². The van der Waals surface area contributed by atoms with Crippen LogP contribution in [0.15, 0.2) is 67.8 Å². The van der Waals surface area contributed by atoms with Gasteiger partial charge in [0.15, 0.2) is 43.2 Å². The molecule has 0 aromatic carbocycles. The van der Waals surface area contributed by atoms with Crippen molar-refractivity contribution in [1.29, 1.82) is 0 Å². The summed E-state index contributed by atoms with van der Waals surface area (Å²) in [5.41, 5.74) is 14.3. The van der Waals surface area contributed by atoms with Gasteiger partial charge in [-0.15, -0.1) is 0 Å². The molecule has 6 saturated heterocycles. The lowest BCUT2D eigenvalue weighted by Crippen LogP contribution is -2.58. The maximum Gasteiger partial charge on any atom is 0.355 e. The lowest BCUT2D eigenvalue weighted by atomic mass is 9.98. The zero-order valence-corrected chi connectivity index (χ0v) is 63.3. The molecule has 30 atom stereocenters. The van der Waals surface area contributed by atoms with E-state index in [0.717, 1.165) is 48.2 Å². The number of Topliss-reactive ketones (excluding diaryl/α,β-unsaturated/α-hetero) is 1. The maximum absolute atomic E-state index is 11.8. The van der Waals surface area contributed by atoms with Crippen LogP contribution in [-0.4, -0.2) is 387 Å². The Morgan fingerprint density at radius 2 is 0.645 bits per heavy atom. The van der Waals surface area contributed by atoms with Crippen molar-refractivity contribution in [2.24, 2.45) is 0 Å². The lowest BCUT2D eigenvalue weighted by molar-refractivity contribution is -0.252. The topological polar surface area (TPSA) is 970 Å². The smallest absolute Gasteiger partial charge is 0.355 e. The molecule has 12 heterocycles. The number of anilines is 4. The van der Waals surface area contributed by atoms with Crippen LogP contribution in [0.3, 0.4) is 0 Å². The number of aliphatic hydroxyl groups excluding tert-OH is 24. The number of carbonyl (C=O) groups is 1. The van der Waals surface area contributed by atoms with E-state index in [1.165, 1.54) is 27.0 Å². The van der Waals surface area contributed by atoms with Crippen molar-refractivity contribution in [3.8, 4) is 0 Å². The van der Waals surface area contributed by atoms with E-state index in [0.29, 0.717) is 4.57 Å². The number of hydrogen-bond donors (Lipinski definition) is 31. The summed E-state index contributed by atoms with van der Waals surface area (Å²) in [6.07, 6.45) is -40.7. The minimum absolute atomic E-state index is 0.117. The number of aromatic nitrogens is 15. The van der Waals surface area contributed by atoms with Crippen LogP contribution < -0.4 is 73.8 Å². The van der Waals surface area contributed by atoms with E-state index >= 15 is 0 Å². The second kappa shape index (κ2) is 41.8. The Bertz CT molecular complexity index is 4820. The fourth-order valence-electron chi connectivity index (χ4n) is 12.4. The lowest BCUT2D eigenvalue weighted by Gasteiger charge is -2.40. The zero-order valence-electron chi connectivity index (χ0n) is 63.3. The van der Waals surface area contributed by atoms with Crippen molar-refractivity contribution in [3.05, 3.63) is 141 Å². The molecule has 6 fully saturated rings. The number of aliphatic hydroxyl groups is 24. The van der Waals surface area contributed by atoms with Gasteiger partial charge in [-0.1, -0.05) is 0 Å². The molecule has 6 aliphatic rings. The van der Waals surface area contributed by atoms with Gasteiger partial charge in [0.25, 0.3) is 16.7 Å². The number of ether oxygens (including phenoxy) is 6. The highest BCUT2D eigenvalue weighted by Gasteiger charge is 2.51. The first-order valence-corrected chi connectivity index (χ1v) is 35.5. The van der Waals surface area contributed by atoms with Crippen LogP contribution in [0.1, 0.15) is 71.9 Å². The number of H-pyrrole nitrogens is 3. The predicted molar refractivity (Wildman–Crippen MR) is 389 cm³/mol. The van der Waals surface area contributed by atoms with Crippen LogP contribution in [0.25, 0.3) is 0 Å². The first-order chi connectivity index (χ1) is 56.7. The highest BCUT2D eigenvalue weighted by Crippen LogP contribution is 2.34. The van der Waals surface area contributed by atoms with Gasteiger partial charge in [-0.2, -0.15) is 29.9 Å². The number of rotatable bonds is 13. The van der Waals surface area contributed by atoms with E-state index in [9.17, 15) is 140 Å². The Morgan fingerprint density at radius 1 is 0.355 bits per heavy atom. The van der Waals surface area contributed by atoms with Crippen LogP contribution >= 0.6 is 0 Å². The summed E-state index contributed by atoms with van der Waals surface area (Å²) in [5.74, 6) is -1.57. The third kappa shape index (κ3) is 21.8. The van der Waals surface area contributed by atoms with Crippen LogP contribution in [0, 0.1) is 20.8 Å². The van der Waals surface area contributed by atoms with Crippen molar-refractivity contribution in [2.75, 3.05) is 62.6 Å². The summed E-state index contributed by atoms with van der Waals surface area (Å²) >= 11 is 0. The van der Waals surface area contributed by atoms with E-state index in [2.05, 4.69) is 29.9 Å². The number of hydrogen-bond acceptors (Lipinski definition) is 50. The average Bonchev–Trinajstić information content (AvgIpc) is 0.926. The molecule has 676 valence electrons. The molecule has 0 aliphatic carbocycles. The van der Waals surface area contributed by atoms with Crippen molar-refractivity contribution in [2.45, 2.75) is 212 Å². The van der Waals surface area contributed by atoms with E-state index in [1.54, 1.807) is 0 Å². The molecular weight excluding hydrogens is 1650 g/mol. The fourth-order valence-corrected chi connectivity index (χ4v) is 12.4. The van der Waals surface area contributed by atoms with E-state index in [4.69, 9.17) is 82.0 Å². The Labute approximate surface area is 671 Å². The summed E-state index contributed by atoms with van der Waals surface area (Å²) in [6.45, 7) is 1.79. The number of aryl methyl sites for hydroxylation is 3. The Kier molecular flexibility index (Phi) is 34.0. The number of aromatic amines is 3. The quantitative estimate of drug-likeness (QED) is 0.0478. The second-order valence-electron chi connectivity index (χ2n) is 27.2. The van der Waals surface area contributed by atoms with Crippen LogP contribution in [-0.2, 0) is 28.4 Å². The highest BCUT2D eigenvalue weighted by molar-refractivity contribution is 5.93. The molecule has 0 bridgehead atoms. The van der Waals surface area contributed by atoms with Gasteiger partial charge in [-0.05, 0) is 27.7 Å². The summed E-state index contributed by atoms with van der Waals surface area (Å²) in [4.78, 5) is 143. The third-order valence-electron chi connectivity index (χ3n) is 19.1. The van der Waals surface area contributed by atoms with Gasteiger partial charge in [0.1, 0.15) is 158 Å². The van der Waals surface area contributed by atoms with Crippen molar-refractivity contribution < 1.29 is 156 Å². The highest BCUT2D eigenvalue weighted by atomic mass is 16.6. The van der Waals surface area contributed by atoms with Crippen LogP contribution in [0.5, 0.6) is 0 Å². The molecule has 0 unspecified atom stereocenters. The van der Waals surface area contributed by atoms with Gasteiger partial charge in [0.05, 0.1) is 45.2 Å². The molecule has 121 heavy (non-hydrogen) atoms. The van der Waals surface area contributed by atoms with Crippen LogP contribution in [0.2, 0.25) is 0 Å². The van der Waals surface area contributed by atoms with Gasteiger partial charge >= 0.3 is 34.1 Å². The van der Waals surface area contributed by atoms with E-state index < -0.39 is 280 Å². The normalized spacial score (nSPS) is 33.9. The molecule has 6 aromatic rings. The van der Waals surface area contributed by atoms with Gasteiger partial charge in [0.2, 0.25) is 23.8 Å². The first-order valence-electron chi connectivity index (χ1n) is 35.5. The van der Waals surface area contributed by atoms with Gasteiger partial charge in [0, 0.05) is 30.2 Å².